The molecule has 3 aromatic carbocycles. The fourth-order valence-corrected chi connectivity index (χ4v) is 4.35. The number of ether oxygens (including phenoxy) is 2. The minimum atomic E-state index is -0.449. The van der Waals surface area contributed by atoms with Crippen LogP contribution in [0.3, 0.4) is 0 Å². The second-order valence-corrected chi connectivity index (χ2v) is 9.06. The first kappa shape index (κ1) is 25.8. The highest BCUT2D eigenvalue weighted by atomic mass is 16.5. The van der Waals surface area contributed by atoms with Crippen molar-refractivity contribution in [1.29, 1.82) is 0 Å². The van der Waals surface area contributed by atoms with E-state index in [0.717, 1.165) is 24.3 Å². The standard InChI is InChI=1S/C29H30N6O4/c1-20-6-11-26(38-2)25(18-20)32-29(37)33-27-12-13-30-35(27)24-5-3-4-21(19-24)28(36)31-22-7-9-23(10-8-22)34-14-16-39-17-15-34/h3-13,18-19H,14-17H2,1-2H3,(H,31,36)(H2,32,33,37). The van der Waals surface area contributed by atoms with Crippen molar-refractivity contribution in [3.63, 3.8) is 0 Å². The number of nitrogens with zero attached hydrogens (tertiary/aromatic N) is 3. The van der Waals surface area contributed by atoms with E-state index in [1.54, 1.807) is 48.3 Å². The van der Waals surface area contributed by atoms with Crippen LogP contribution in [0, 0.1) is 6.92 Å². The Hall–Kier alpha value is -4.83. The third-order valence-electron chi connectivity index (χ3n) is 6.34. The van der Waals surface area contributed by atoms with Crippen molar-refractivity contribution < 1.29 is 19.1 Å². The van der Waals surface area contributed by atoms with Crippen LogP contribution < -0.4 is 25.6 Å². The van der Waals surface area contributed by atoms with Crippen LogP contribution in [0.2, 0.25) is 0 Å². The van der Waals surface area contributed by atoms with Crippen LogP contribution in [0.5, 0.6) is 5.75 Å². The lowest BCUT2D eigenvalue weighted by Gasteiger charge is -2.28. The van der Waals surface area contributed by atoms with Gasteiger partial charge in [0.25, 0.3) is 5.91 Å². The summed E-state index contributed by atoms with van der Waals surface area (Å²) in [7, 11) is 1.55. The number of hydrogen-bond acceptors (Lipinski definition) is 6. The summed E-state index contributed by atoms with van der Waals surface area (Å²) < 4.78 is 12.3. The molecule has 10 heteroatoms. The van der Waals surface area contributed by atoms with Crippen molar-refractivity contribution in [2.75, 3.05) is 54.3 Å². The number of carbonyl (C=O) groups excluding carboxylic acids is 2. The topological polar surface area (TPSA) is 110 Å². The summed E-state index contributed by atoms with van der Waals surface area (Å²) in [6, 6.07) is 21.6. The van der Waals surface area contributed by atoms with Crippen LogP contribution in [0.1, 0.15) is 15.9 Å². The van der Waals surface area contributed by atoms with Gasteiger partial charge in [-0.2, -0.15) is 5.10 Å². The van der Waals surface area contributed by atoms with E-state index < -0.39 is 6.03 Å². The summed E-state index contributed by atoms with van der Waals surface area (Å²) in [4.78, 5) is 28.0. The van der Waals surface area contributed by atoms with Gasteiger partial charge >= 0.3 is 6.03 Å². The van der Waals surface area contributed by atoms with E-state index in [0.29, 0.717) is 47.4 Å². The lowest BCUT2D eigenvalue weighted by Crippen LogP contribution is -2.36. The molecule has 0 spiro atoms. The Morgan fingerprint density at radius 3 is 2.46 bits per heavy atom. The molecule has 0 aliphatic carbocycles. The Morgan fingerprint density at radius 1 is 0.897 bits per heavy atom. The number of nitrogens with one attached hydrogen (secondary N) is 3. The van der Waals surface area contributed by atoms with E-state index in [-0.39, 0.29) is 5.91 Å². The van der Waals surface area contributed by atoms with Crippen molar-refractivity contribution in [3.05, 3.63) is 90.1 Å². The molecule has 0 bridgehead atoms. The van der Waals surface area contributed by atoms with Crippen LogP contribution in [0.25, 0.3) is 5.69 Å². The zero-order valence-electron chi connectivity index (χ0n) is 21.8. The first-order valence-corrected chi connectivity index (χ1v) is 12.6. The SMILES string of the molecule is COc1ccc(C)cc1NC(=O)Nc1ccnn1-c1cccc(C(=O)Nc2ccc(N3CCOCC3)cc2)c1. The van der Waals surface area contributed by atoms with Gasteiger partial charge in [-0.1, -0.05) is 12.1 Å². The predicted molar refractivity (Wildman–Crippen MR) is 151 cm³/mol. The molecule has 200 valence electrons. The fourth-order valence-electron chi connectivity index (χ4n) is 4.35. The van der Waals surface area contributed by atoms with Gasteiger partial charge < -0.3 is 25.0 Å². The number of carbonyl (C=O) groups is 2. The van der Waals surface area contributed by atoms with E-state index in [9.17, 15) is 9.59 Å². The summed E-state index contributed by atoms with van der Waals surface area (Å²) in [5.41, 5.74) is 4.42. The number of rotatable bonds is 7. The molecule has 39 heavy (non-hydrogen) atoms. The Morgan fingerprint density at radius 2 is 1.69 bits per heavy atom. The smallest absolute Gasteiger partial charge is 0.324 e. The molecule has 2 heterocycles. The Balaban J connectivity index is 1.26. The van der Waals surface area contributed by atoms with Crippen molar-refractivity contribution in [2.45, 2.75) is 6.92 Å². The molecule has 0 saturated carbocycles. The molecule has 0 unspecified atom stereocenters. The molecule has 1 saturated heterocycles. The highest BCUT2D eigenvalue weighted by molar-refractivity contribution is 6.05. The second-order valence-electron chi connectivity index (χ2n) is 9.06. The Bertz CT molecular complexity index is 1460. The number of methoxy groups -OCH3 is 1. The van der Waals surface area contributed by atoms with Crippen LogP contribution in [0.15, 0.2) is 79.0 Å². The molecule has 0 radical (unpaired) electrons. The number of benzene rings is 3. The minimum absolute atomic E-state index is 0.248. The molecule has 4 aromatic rings. The van der Waals surface area contributed by atoms with Gasteiger partial charge in [0.2, 0.25) is 0 Å². The van der Waals surface area contributed by atoms with Crippen LogP contribution in [-0.2, 0) is 4.74 Å². The van der Waals surface area contributed by atoms with Crippen LogP contribution in [-0.4, -0.2) is 55.1 Å². The largest absolute Gasteiger partial charge is 0.495 e. The van der Waals surface area contributed by atoms with E-state index in [2.05, 4.69) is 25.9 Å². The van der Waals surface area contributed by atoms with Gasteiger partial charge in [-0.15, -0.1) is 0 Å². The van der Waals surface area contributed by atoms with Gasteiger partial charge in [0.15, 0.2) is 0 Å². The third kappa shape index (κ3) is 6.19. The molecule has 1 aromatic heterocycles. The highest BCUT2D eigenvalue weighted by Crippen LogP contribution is 2.26. The molecule has 10 nitrogen and oxygen atoms in total. The maximum absolute atomic E-state index is 13.0. The van der Waals surface area contributed by atoms with Gasteiger partial charge in [-0.3, -0.25) is 10.1 Å². The molecular formula is C29H30N6O4. The number of amides is 3. The maximum Gasteiger partial charge on any atom is 0.324 e. The van der Waals surface area contributed by atoms with Crippen LogP contribution >= 0.6 is 0 Å². The van der Waals surface area contributed by atoms with Gasteiger partial charge in [-0.25, -0.2) is 9.48 Å². The Kier molecular flexibility index (Phi) is 7.74. The lowest BCUT2D eigenvalue weighted by molar-refractivity contribution is 0.102. The van der Waals surface area contributed by atoms with Crippen molar-refractivity contribution in [1.82, 2.24) is 9.78 Å². The summed E-state index contributed by atoms with van der Waals surface area (Å²) in [6.07, 6.45) is 1.58. The number of morpholine rings is 1. The predicted octanol–water partition coefficient (Wildman–Crippen LogP) is 4.92. The average molecular weight is 527 g/mol. The van der Waals surface area contributed by atoms with Gasteiger partial charge in [0, 0.05) is 36.1 Å². The number of anilines is 4. The number of urea groups is 1. The average Bonchev–Trinajstić information content (AvgIpc) is 3.42. The highest BCUT2D eigenvalue weighted by Gasteiger charge is 2.15. The molecule has 3 amide bonds. The zero-order valence-corrected chi connectivity index (χ0v) is 21.8. The lowest BCUT2D eigenvalue weighted by atomic mass is 10.1. The van der Waals surface area contributed by atoms with E-state index in [1.807, 2.05) is 49.4 Å². The summed E-state index contributed by atoms with van der Waals surface area (Å²) >= 11 is 0. The Labute approximate surface area is 226 Å². The van der Waals surface area contributed by atoms with Crippen molar-refractivity contribution in [3.8, 4) is 11.4 Å². The number of aromatic nitrogens is 2. The number of aryl methyl sites for hydroxylation is 1. The normalized spacial score (nSPS) is 13.0. The quantitative estimate of drug-likeness (QED) is 0.315. The molecule has 1 fully saturated rings. The van der Waals surface area contributed by atoms with Crippen molar-refractivity contribution in [2.24, 2.45) is 0 Å². The third-order valence-corrected chi connectivity index (χ3v) is 6.34. The summed E-state index contributed by atoms with van der Waals surface area (Å²) in [5.74, 6) is 0.746. The van der Waals surface area contributed by atoms with E-state index in [4.69, 9.17) is 9.47 Å². The molecule has 0 atom stereocenters. The van der Waals surface area contributed by atoms with Crippen LogP contribution in [0.4, 0.5) is 27.7 Å². The number of hydrogen-bond donors (Lipinski definition) is 3. The van der Waals surface area contributed by atoms with Gasteiger partial charge in [0.05, 0.1) is 37.9 Å². The molecular weight excluding hydrogens is 496 g/mol. The minimum Gasteiger partial charge on any atom is -0.495 e. The summed E-state index contributed by atoms with van der Waals surface area (Å²) in [6.45, 7) is 5.07. The molecule has 1 aliphatic rings. The van der Waals surface area contributed by atoms with Crippen molar-refractivity contribution >= 4 is 34.8 Å². The monoisotopic (exact) mass is 526 g/mol. The van der Waals surface area contributed by atoms with E-state index in [1.165, 1.54) is 0 Å². The maximum atomic E-state index is 13.0. The van der Waals surface area contributed by atoms with Gasteiger partial charge in [0.1, 0.15) is 11.6 Å². The fraction of sp³-hybridized carbons (Fsp3) is 0.207. The van der Waals surface area contributed by atoms with E-state index >= 15 is 0 Å². The molecule has 3 N–H and O–H groups in total. The van der Waals surface area contributed by atoms with Gasteiger partial charge in [-0.05, 0) is 67.1 Å². The first-order chi connectivity index (χ1) is 19.0. The molecule has 5 rings (SSSR count). The zero-order chi connectivity index (χ0) is 27.2. The first-order valence-electron chi connectivity index (χ1n) is 12.6. The second kappa shape index (κ2) is 11.7. The summed E-state index contributed by atoms with van der Waals surface area (Å²) in [5, 5.41) is 12.9. The molecule has 1 aliphatic heterocycles.